The highest BCUT2D eigenvalue weighted by molar-refractivity contribution is 5.87. The van der Waals surface area contributed by atoms with Gasteiger partial charge in [-0.25, -0.2) is 19.9 Å². The van der Waals surface area contributed by atoms with Crippen molar-refractivity contribution in [3.8, 4) is 0 Å². The van der Waals surface area contributed by atoms with Crippen molar-refractivity contribution in [2.45, 2.75) is 294 Å². The quantitative estimate of drug-likeness (QED) is 0.129. The average Bonchev–Trinajstić information content (AvgIpc) is 1.62. The third kappa shape index (κ3) is 18.9. The highest BCUT2D eigenvalue weighted by atomic mass is 15.5. The second-order valence-electron chi connectivity index (χ2n) is 29.3. The minimum atomic E-state index is 0.282. The summed E-state index contributed by atoms with van der Waals surface area (Å²) in [6.45, 7) is 68.9. The molecule has 1 atom stereocenters. The van der Waals surface area contributed by atoms with Crippen LogP contribution in [0.2, 0.25) is 0 Å². The number of rotatable bonds is 9. The zero-order valence-corrected chi connectivity index (χ0v) is 65.6. The molecule has 2 aliphatic carbocycles. The van der Waals surface area contributed by atoms with Gasteiger partial charge in [-0.05, 0) is 164 Å². The van der Waals surface area contributed by atoms with Crippen LogP contribution in [0.3, 0.4) is 0 Å². The van der Waals surface area contributed by atoms with E-state index < -0.39 is 0 Å². The Balaban J connectivity index is 0.000000192. The number of fused-ring (bicyclic) bond motifs is 4. The smallest absolute Gasteiger partial charge is 0.223 e. The molecule has 19 nitrogen and oxygen atoms in total. The Morgan fingerprint density at radius 3 is 1.15 bits per heavy atom. The third-order valence-corrected chi connectivity index (χ3v) is 18.3. The summed E-state index contributed by atoms with van der Waals surface area (Å²) < 4.78 is 18.9. The first kappa shape index (κ1) is 77.7. The van der Waals surface area contributed by atoms with E-state index >= 15 is 0 Å². The summed E-state index contributed by atoms with van der Waals surface area (Å²) in [5.74, 6) is 8.84. The van der Waals surface area contributed by atoms with Gasteiger partial charge in [-0.15, -0.1) is 4.68 Å². The first-order valence-corrected chi connectivity index (χ1v) is 34.8. The van der Waals surface area contributed by atoms with E-state index in [0.717, 1.165) is 49.0 Å². The zero-order valence-electron chi connectivity index (χ0n) is 65.6. The second kappa shape index (κ2) is 32.1. The zero-order chi connectivity index (χ0) is 71.3. The molecule has 8 aromatic rings. The minimum absolute atomic E-state index is 0.282. The van der Waals surface area contributed by atoms with Crippen LogP contribution in [-0.4, -0.2) is 101 Å². The fourth-order valence-corrected chi connectivity index (χ4v) is 14.2. The molecule has 0 N–H and O–H groups in total. The molecule has 0 saturated heterocycles. The van der Waals surface area contributed by atoms with Gasteiger partial charge in [0.2, 0.25) is 6.04 Å². The van der Waals surface area contributed by atoms with Crippen LogP contribution in [0.25, 0.3) is 0 Å². The van der Waals surface area contributed by atoms with E-state index in [-0.39, 0.29) is 6.04 Å². The minimum Gasteiger partial charge on any atom is -0.335 e. The third-order valence-electron chi connectivity index (χ3n) is 18.3. The molecule has 520 valence electrons. The molecule has 0 aromatic carbocycles. The summed E-state index contributed by atoms with van der Waals surface area (Å²) >= 11 is 0. The predicted octanol–water partition coefficient (Wildman–Crippen LogP) is 16.8. The lowest BCUT2D eigenvalue weighted by molar-refractivity contribution is -0.507. The average molecular weight is 1290 g/mol. The van der Waals surface area contributed by atoms with Gasteiger partial charge in [-0.2, -0.15) is 20.4 Å². The molecule has 0 amide bonds. The second-order valence-corrected chi connectivity index (χ2v) is 29.3. The van der Waals surface area contributed by atoms with Crippen molar-refractivity contribution >= 4 is 5.71 Å². The predicted molar refractivity (Wildman–Crippen MR) is 388 cm³/mol. The molecular formula is C75H126N19+. The van der Waals surface area contributed by atoms with Crippen molar-refractivity contribution in [2.24, 2.45) is 44.4 Å². The highest BCUT2D eigenvalue weighted by Gasteiger charge is 2.31. The lowest BCUT2D eigenvalue weighted by Crippen LogP contribution is -2.23. The molecule has 0 radical (unpaired) electrons. The van der Waals surface area contributed by atoms with Gasteiger partial charge < -0.3 is 18.3 Å². The van der Waals surface area contributed by atoms with E-state index in [0.29, 0.717) is 53.5 Å². The van der Waals surface area contributed by atoms with Crippen molar-refractivity contribution < 1.29 is 4.68 Å². The van der Waals surface area contributed by atoms with Gasteiger partial charge >= 0.3 is 0 Å². The summed E-state index contributed by atoms with van der Waals surface area (Å²) in [5.41, 5.74) is 27.7. The monoisotopic (exact) mass is 1290 g/mol. The van der Waals surface area contributed by atoms with Gasteiger partial charge in [0.25, 0.3) is 0 Å². The molecule has 11 heterocycles. The van der Waals surface area contributed by atoms with Crippen molar-refractivity contribution in [1.82, 2.24) is 77.3 Å². The molecule has 13 rings (SSSR count). The molecule has 5 aliphatic rings. The fourth-order valence-electron chi connectivity index (χ4n) is 14.2. The SMILES string of the molecule is CC(C)C1=[N+](C)N=NC1C.CC(C)c1c2c(nn1C)C2.Cc1nc(C)n(C(C)C)c1C.Cc1nc(C)n(C)c1C(C)C.Cc1nc2c(n1C(C)C)C2.Cc1nc2n(c1C(C)C)C2.Cc1nn(C)c(C(C)C)c1C.Cc1nn(C)c(C)c1C(C)C.Cc1nn2c(c1C(C)C)C2. The fraction of sp³-hybridized carbons (Fsp3) is 0.667. The molecule has 19 heteroatoms. The van der Waals surface area contributed by atoms with Gasteiger partial charge in [0.1, 0.15) is 35.6 Å². The summed E-state index contributed by atoms with van der Waals surface area (Å²) in [7, 11) is 10.1. The van der Waals surface area contributed by atoms with E-state index in [1.54, 1.807) is 0 Å². The Bertz CT molecular complexity index is 3430. The van der Waals surface area contributed by atoms with Crippen molar-refractivity contribution in [3.63, 3.8) is 0 Å². The number of imidazole rings is 4. The number of nitrogens with zero attached hydrogens (tertiary/aromatic N) is 19. The topological polar surface area (TPSA) is 170 Å². The van der Waals surface area contributed by atoms with Crippen molar-refractivity contribution in [1.29, 1.82) is 0 Å². The summed E-state index contributed by atoms with van der Waals surface area (Å²) in [5, 5.41) is 25.4. The van der Waals surface area contributed by atoms with Gasteiger partial charge in [0, 0.05) is 115 Å². The van der Waals surface area contributed by atoms with Crippen molar-refractivity contribution in [2.75, 3.05) is 7.05 Å². The summed E-state index contributed by atoms with van der Waals surface area (Å²) in [6, 6.07) is 1.39. The Labute approximate surface area is 567 Å². The molecule has 0 spiro atoms. The maximum atomic E-state index is 4.39. The molecular weight excluding hydrogens is 1170 g/mol. The van der Waals surface area contributed by atoms with Crippen LogP contribution < -0.4 is 0 Å². The molecule has 0 bridgehead atoms. The first-order chi connectivity index (χ1) is 43.6. The maximum absolute atomic E-state index is 4.39. The maximum Gasteiger partial charge on any atom is 0.223 e. The van der Waals surface area contributed by atoms with Crippen LogP contribution in [0.4, 0.5) is 0 Å². The number of aromatic nitrogens is 16. The molecule has 8 aromatic heterocycles. The van der Waals surface area contributed by atoms with Crippen LogP contribution in [-0.2, 0) is 54.1 Å². The van der Waals surface area contributed by atoms with Crippen LogP contribution in [0.1, 0.15) is 316 Å². The molecule has 1 unspecified atom stereocenters. The van der Waals surface area contributed by atoms with Gasteiger partial charge in [-0.1, -0.05) is 96.9 Å². The number of hydrogen-bond acceptors (Lipinski definition) is 10. The van der Waals surface area contributed by atoms with E-state index in [4.69, 9.17) is 0 Å². The normalized spacial score (nSPS) is 13.8. The van der Waals surface area contributed by atoms with Crippen LogP contribution in [0.15, 0.2) is 10.3 Å². The first-order valence-electron chi connectivity index (χ1n) is 34.8. The van der Waals surface area contributed by atoms with E-state index in [2.05, 4.69) is 288 Å². The van der Waals surface area contributed by atoms with Crippen LogP contribution in [0, 0.1) is 89.0 Å². The summed E-state index contributed by atoms with van der Waals surface area (Å²) in [4.78, 5) is 17.6. The molecule has 3 aliphatic heterocycles. The van der Waals surface area contributed by atoms with E-state index in [1.807, 2.05) is 53.8 Å². The lowest BCUT2D eigenvalue weighted by atomic mass is 10.0. The van der Waals surface area contributed by atoms with Crippen molar-refractivity contribution in [3.05, 3.63) is 137 Å². The summed E-state index contributed by atoms with van der Waals surface area (Å²) in [6.07, 6.45) is 2.29. The Hall–Kier alpha value is -7.05. The number of aryl methyl sites for hydroxylation is 12. The Morgan fingerprint density at radius 1 is 0.415 bits per heavy atom. The van der Waals surface area contributed by atoms with E-state index in [9.17, 15) is 0 Å². The molecule has 0 saturated carbocycles. The lowest BCUT2D eigenvalue weighted by Gasteiger charge is -2.11. The molecule has 94 heavy (non-hydrogen) atoms. The Morgan fingerprint density at radius 2 is 0.915 bits per heavy atom. The Kier molecular flexibility index (Phi) is 26.5. The standard InChI is InChI=1S/4C9H16N2.4C8H12N2.C7H14N3/c1-6(2)9-7(3)10-8(4)11(9)5;1-6(2)9-7(3)10-11(5)8(9)4;1-6(2)9-7(3)8(4)10-11(9)5;1-6(2)11-8(4)7(3)10-9(11)5;1-5(2)8-6-4-7(6)9-10(8)3;1-5(2)8-6(3)9-7-4-10(7)8;1-5(2)8-6(3)9-10-4-7(8)10;1-5(2)10-6(3)9-7-4-8(7)10;1-5(2)7-6(3)8-9-10(7)4/h4*6H,1-5H3;4*5H,4H2,1-3H3;5-6H,1-4H3/q;;;;;;;;+1. The van der Waals surface area contributed by atoms with E-state index in [1.165, 1.54) is 119 Å². The van der Waals surface area contributed by atoms with Gasteiger partial charge in [-0.3, -0.25) is 18.7 Å². The van der Waals surface area contributed by atoms with Gasteiger partial charge in [0.05, 0.1) is 64.3 Å². The van der Waals surface area contributed by atoms with Gasteiger partial charge in [0.15, 0.2) is 5.71 Å². The van der Waals surface area contributed by atoms with Crippen LogP contribution >= 0.6 is 0 Å². The molecule has 0 fully saturated rings. The highest BCUT2D eigenvalue weighted by Crippen LogP contribution is 2.35. The number of hydrogen-bond donors (Lipinski definition) is 0. The largest absolute Gasteiger partial charge is 0.335 e. The van der Waals surface area contributed by atoms with Crippen LogP contribution in [0.5, 0.6) is 0 Å².